The Morgan fingerprint density at radius 3 is 2.10 bits per heavy atom. The summed E-state index contributed by atoms with van der Waals surface area (Å²) in [6, 6.07) is 0. The third-order valence-corrected chi connectivity index (χ3v) is 4.87. The van der Waals surface area contributed by atoms with Gasteiger partial charge in [0.1, 0.15) is 0 Å². The maximum atomic E-state index is 12.1. The van der Waals surface area contributed by atoms with E-state index in [4.69, 9.17) is 9.84 Å². The SMILES string of the molecule is O=C(O)[C@H]1C[C@@H]1C(=O)N1CCC(OC2CCCC2)CC1. The van der Waals surface area contributed by atoms with E-state index in [-0.39, 0.29) is 17.9 Å². The van der Waals surface area contributed by atoms with Gasteiger partial charge in [-0.2, -0.15) is 0 Å². The van der Waals surface area contributed by atoms with E-state index in [1.165, 1.54) is 25.7 Å². The van der Waals surface area contributed by atoms with Gasteiger partial charge in [-0.1, -0.05) is 12.8 Å². The van der Waals surface area contributed by atoms with Gasteiger partial charge in [-0.05, 0) is 32.1 Å². The number of rotatable bonds is 4. The number of carbonyl (C=O) groups is 2. The summed E-state index contributed by atoms with van der Waals surface area (Å²) in [6.45, 7) is 1.44. The molecule has 2 atom stereocenters. The molecule has 1 heterocycles. The van der Waals surface area contributed by atoms with Crippen LogP contribution >= 0.6 is 0 Å². The summed E-state index contributed by atoms with van der Waals surface area (Å²) in [5.41, 5.74) is 0. The molecule has 2 saturated carbocycles. The Hall–Kier alpha value is -1.10. The molecular formula is C15H23NO4. The number of piperidine rings is 1. The van der Waals surface area contributed by atoms with Crippen molar-refractivity contribution in [3.8, 4) is 0 Å². The average molecular weight is 281 g/mol. The van der Waals surface area contributed by atoms with Crippen LogP contribution in [0.4, 0.5) is 0 Å². The molecular weight excluding hydrogens is 258 g/mol. The van der Waals surface area contributed by atoms with Gasteiger partial charge in [-0.25, -0.2) is 0 Å². The number of aliphatic carboxylic acids is 1. The van der Waals surface area contributed by atoms with Gasteiger partial charge in [0.2, 0.25) is 5.91 Å². The van der Waals surface area contributed by atoms with Crippen LogP contribution in [0.3, 0.4) is 0 Å². The molecule has 1 saturated heterocycles. The number of hydrogen-bond acceptors (Lipinski definition) is 3. The second-order valence-electron chi connectivity index (χ2n) is 6.35. The first-order valence-corrected chi connectivity index (χ1v) is 7.82. The van der Waals surface area contributed by atoms with E-state index < -0.39 is 11.9 Å². The zero-order chi connectivity index (χ0) is 14.1. The molecule has 112 valence electrons. The van der Waals surface area contributed by atoms with Crippen LogP contribution in [0.15, 0.2) is 0 Å². The van der Waals surface area contributed by atoms with Gasteiger partial charge in [-0.15, -0.1) is 0 Å². The van der Waals surface area contributed by atoms with Crippen LogP contribution in [0.1, 0.15) is 44.9 Å². The number of nitrogens with zero attached hydrogens (tertiary/aromatic N) is 1. The highest BCUT2D eigenvalue weighted by atomic mass is 16.5. The Kier molecular flexibility index (Phi) is 3.96. The molecule has 0 radical (unpaired) electrons. The second-order valence-corrected chi connectivity index (χ2v) is 6.35. The maximum Gasteiger partial charge on any atom is 0.307 e. The lowest BCUT2D eigenvalue weighted by Crippen LogP contribution is -2.42. The molecule has 3 fully saturated rings. The van der Waals surface area contributed by atoms with Crippen LogP contribution in [-0.2, 0) is 14.3 Å². The fraction of sp³-hybridized carbons (Fsp3) is 0.867. The van der Waals surface area contributed by atoms with Gasteiger partial charge in [0.05, 0.1) is 24.0 Å². The molecule has 0 aromatic heterocycles. The highest BCUT2D eigenvalue weighted by Crippen LogP contribution is 2.40. The van der Waals surface area contributed by atoms with Crippen molar-refractivity contribution in [2.75, 3.05) is 13.1 Å². The van der Waals surface area contributed by atoms with E-state index in [0.29, 0.717) is 12.5 Å². The van der Waals surface area contributed by atoms with Crippen LogP contribution < -0.4 is 0 Å². The van der Waals surface area contributed by atoms with E-state index in [9.17, 15) is 9.59 Å². The van der Waals surface area contributed by atoms with Crippen LogP contribution in [0.2, 0.25) is 0 Å². The van der Waals surface area contributed by atoms with E-state index in [2.05, 4.69) is 0 Å². The molecule has 0 spiro atoms. The van der Waals surface area contributed by atoms with Crippen LogP contribution in [0.25, 0.3) is 0 Å². The molecule has 1 aliphatic heterocycles. The van der Waals surface area contributed by atoms with Crippen molar-refractivity contribution in [3.63, 3.8) is 0 Å². The summed E-state index contributed by atoms with van der Waals surface area (Å²) in [5.74, 6) is -1.49. The Labute approximate surface area is 119 Å². The van der Waals surface area contributed by atoms with Gasteiger partial charge in [0, 0.05) is 13.1 Å². The first-order chi connectivity index (χ1) is 9.65. The Bertz CT molecular complexity index is 383. The number of carboxylic acids is 1. The zero-order valence-electron chi connectivity index (χ0n) is 11.8. The van der Waals surface area contributed by atoms with Crippen molar-refractivity contribution in [2.45, 2.75) is 57.2 Å². The summed E-state index contributed by atoms with van der Waals surface area (Å²) in [7, 11) is 0. The molecule has 0 aromatic rings. The molecule has 1 N–H and O–H groups in total. The normalized spacial score (nSPS) is 31.5. The Balaban J connectivity index is 1.42. The standard InChI is InChI=1S/C15H23NO4/c17-14(12-9-13(12)15(18)19)16-7-5-11(6-8-16)20-10-3-1-2-4-10/h10-13H,1-9H2,(H,18,19)/t12-,13-/m0/s1. The molecule has 2 aliphatic carbocycles. The van der Waals surface area contributed by atoms with Crippen molar-refractivity contribution >= 4 is 11.9 Å². The lowest BCUT2D eigenvalue weighted by Gasteiger charge is -2.33. The lowest BCUT2D eigenvalue weighted by molar-refractivity contribution is -0.143. The third-order valence-electron chi connectivity index (χ3n) is 4.87. The van der Waals surface area contributed by atoms with Gasteiger partial charge >= 0.3 is 5.97 Å². The van der Waals surface area contributed by atoms with Crippen molar-refractivity contribution in [1.82, 2.24) is 4.90 Å². The first kappa shape index (κ1) is 13.9. The predicted molar refractivity (Wildman–Crippen MR) is 72.2 cm³/mol. The summed E-state index contributed by atoms with van der Waals surface area (Å²) in [4.78, 5) is 24.8. The molecule has 3 rings (SSSR count). The molecule has 0 bridgehead atoms. The van der Waals surface area contributed by atoms with Gasteiger partial charge in [0.15, 0.2) is 0 Å². The number of amides is 1. The number of ether oxygens (including phenoxy) is 1. The second kappa shape index (κ2) is 5.72. The van der Waals surface area contributed by atoms with Crippen LogP contribution in [0.5, 0.6) is 0 Å². The summed E-state index contributed by atoms with van der Waals surface area (Å²) in [5, 5.41) is 8.88. The first-order valence-electron chi connectivity index (χ1n) is 7.82. The van der Waals surface area contributed by atoms with E-state index in [1.54, 1.807) is 0 Å². The van der Waals surface area contributed by atoms with Crippen molar-refractivity contribution < 1.29 is 19.4 Å². The van der Waals surface area contributed by atoms with Crippen LogP contribution in [-0.4, -0.2) is 47.2 Å². The van der Waals surface area contributed by atoms with Crippen molar-refractivity contribution in [2.24, 2.45) is 11.8 Å². The molecule has 5 nitrogen and oxygen atoms in total. The van der Waals surface area contributed by atoms with Crippen molar-refractivity contribution in [1.29, 1.82) is 0 Å². The maximum absolute atomic E-state index is 12.1. The third kappa shape index (κ3) is 2.97. The fourth-order valence-electron chi connectivity index (χ4n) is 3.48. The minimum atomic E-state index is -0.831. The minimum Gasteiger partial charge on any atom is -0.481 e. The summed E-state index contributed by atoms with van der Waals surface area (Å²) in [6.07, 6.45) is 7.95. The highest BCUT2D eigenvalue weighted by molar-refractivity contribution is 5.89. The Morgan fingerprint density at radius 2 is 1.55 bits per heavy atom. The number of likely N-dealkylation sites (tertiary alicyclic amines) is 1. The van der Waals surface area contributed by atoms with E-state index >= 15 is 0 Å². The number of hydrogen-bond donors (Lipinski definition) is 1. The molecule has 20 heavy (non-hydrogen) atoms. The molecule has 1 amide bonds. The zero-order valence-corrected chi connectivity index (χ0v) is 11.8. The molecule has 3 aliphatic rings. The topological polar surface area (TPSA) is 66.8 Å². The van der Waals surface area contributed by atoms with Gasteiger partial charge in [0.25, 0.3) is 0 Å². The quantitative estimate of drug-likeness (QED) is 0.851. The van der Waals surface area contributed by atoms with E-state index in [0.717, 1.165) is 25.9 Å². The largest absolute Gasteiger partial charge is 0.481 e. The Morgan fingerprint density at radius 1 is 0.950 bits per heavy atom. The van der Waals surface area contributed by atoms with Gasteiger partial charge in [-0.3, -0.25) is 9.59 Å². The van der Waals surface area contributed by atoms with E-state index in [1.807, 2.05) is 4.90 Å². The van der Waals surface area contributed by atoms with Gasteiger partial charge < -0.3 is 14.7 Å². The lowest BCUT2D eigenvalue weighted by atomic mass is 10.1. The number of carboxylic acid groups (broad SMARTS) is 1. The monoisotopic (exact) mass is 281 g/mol. The summed E-state index contributed by atoms with van der Waals surface area (Å²) >= 11 is 0. The summed E-state index contributed by atoms with van der Waals surface area (Å²) < 4.78 is 6.08. The molecule has 5 heteroatoms. The fourth-order valence-corrected chi connectivity index (χ4v) is 3.48. The molecule has 0 aromatic carbocycles. The minimum absolute atomic E-state index is 0.0386. The molecule has 0 unspecified atom stereocenters. The van der Waals surface area contributed by atoms with Crippen molar-refractivity contribution in [3.05, 3.63) is 0 Å². The highest BCUT2D eigenvalue weighted by Gasteiger charge is 2.50. The smallest absolute Gasteiger partial charge is 0.307 e. The average Bonchev–Trinajstić information content (AvgIpc) is 3.10. The predicted octanol–water partition coefficient (Wildman–Crippen LogP) is 1.66. The number of carbonyl (C=O) groups excluding carboxylic acids is 1. The van der Waals surface area contributed by atoms with Crippen LogP contribution in [0, 0.1) is 11.8 Å².